The van der Waals surface area contributed by atoms with Crippen molar-refractivity contribution in [2.75, 3.05) is 17.8 Å². The molecule has 2 aromatic carbocycles. The lowest BCUT2D eigenvalue weighted by Crippen LogP contribution is -2.37. The summed E-state index contributed by atoms with van der Waals surface area (Å²) in [6, 6.07) is 12.9. The molecule has 1 atom stereocenters. The molecule has 0 unspecified atom stereocenters. The monoisotopic (exact) mass is 470 g/mol. The number of nitrogens with zero attached hydrogens (tertiary/aromatic N) is 4. The standard InChI is InChI=1S/C23H23ClN4O3S/c1-4-12-30-16-9-6-14(7-10-16)22-28(19(29)5-2)18-11-8-15(24)13-17(18)20-21(31-22)25-23(32-3)27-26-20/h6-11,13,22H,4-5,12H2,1-3H3/t22-/m1/s1. The van der Waals surface area contributed by atoms with E-state index in [1.165, 1.54) is 11.8 Å². The van der Waals surface area contributed by atoms with E-state index < -0.39 is 6.23 Å². The number of aromatic nitrogens is 3. The molecule has 1 aliphatic heterocycles. The molecule has 0 spiro atoms. The smallest absolute Gasteiger partial charge is 0.247 e. The number of carbonyl (C=O) groups excluding carboxylic acids is 1. The van der Waals surface area contributed by atoms with E-state index in [2.05, 4.69) is 22.1 Å². The van der Waals surface area contributed by atoms with Crippen molar-refractivity contribution in [2.24, 2.45) is 0 Å². The van der Waals surface area contributed by atoms with E-state index in [-0.39, 0.29) is 5.91 Å². The van der Waals surface area contributed by atoms with Crippen molar-refractivity contribution in [2.45, 2.75) is 38.1 Å². The number of amides is 1. The van der Waals surface area contributed by atoms with Crippen LogP contribution in [0.4, 0.5) is 5.69 Å². The van der Waals surface area contributed by atoms with Crippen molar-refractivity contribution in [1.29, 1.82) is 0 Å². The first-order chi connectivity index (χ1) is 15.5. The van der Waals surface area contributed by atoms with Crippen LogP contribution in [0.25, 0.3) is 11.3 Å². The van der Waals surface area contributed by atoms with Crippen LogP contribution in [-0.4, -0.2) is 34.0 Å². The summed E-state index contributed by atoms with van der Waals surface area (Å²) in [5, 5.41) is 9.52. The minimum absolute atomic E-state index is 0.101. The molecule has 0 radical (unpaired) electrons. The van der Waals surface area contributed by atoms with Crippen LogP contribution in [0.2, 0.25) is 5.02 Å². The Hall–Kier alpha value is -2.84. The van der Waals surface area contributed by atoms with Gasteiger partial charge in [-0.15, -0.1) is 10.2 Å². The Kier molecular flexibility index (Phi) is 6.81. The molecule has 0 saturated heterocycles. The summed E-state index contributed by atoms with van der Waals surface area (Å²) < 4.78 is 12.1. The lowest BCUT2D eigenvalue weighted by atomic mass is 10.1. The van der Waals surface area contributed by atoms with Gasteiger partial charge in [0.25, 0.3) is 0 Å². The number of benzene rings is 2. The molecule has 1 aromatic heterocycles. The topological polar surface area (TPSA) is 77.4 Å². The molecule has 7 nitrogen and oxygen atoms in total. The van der Waals surface area contributed by atoms with Gasteiger partial charge in [0.15, 0.2) is 5.69 Å². The predicted molar refractivity (Wildman–Crippen MR) is 125 cm³/mol. The zero-order valence-corrected chi connectivity index (χ0v) is 19.6. The molecule has 0 bridgehead atoms. The first-order valence-electron chi connectivity index (χ1n) is 10.4. The third kappa shape index (κ3) is 4.38. The highest BCUT2D eigenvalue weighted by Gasteiger charge is 2.35. The van der Waals surface area contributed by atoms with E-state index in [1.54, 1.807) is 23.1 Å². The molecule has 0 saturated carbocycles. The van der Waals surface area contributed by atoms with E-state index in [9.17, 15) is 4.79 Å². The van der Waals surface area contributed by atoms with Crippen LogP contribution in [0.5, 0.6) is 11.6 Å². The van der Waals surface area contributed by atoms with Crippen molar-refractivity contribution in [3.8, 4) is 22.9 Å². The van der Waals surface area contributed by atoms with Gasteiger partial charge in [0.2, 0.25) is 23.2 Å². The van der Waals surface area contributed by atoms with Crippen LogP contribution in [0.15, 0.2) is 47.6 Å². The summed E-state index contributed by atoms with van der Waals surface area (Å²) in [6.07, 6.45) is 2.35. The van der Waals surface area contributed by atoms with Crippen molar-refractivity contribution in [1.82, 2.24) is 15.2 Å². The number of hydrogen-bond acceptors (Lipinski definition) is 7. The highest BCUT2D eigenvalue weighted by atomic mass is 35.5. The number of hydrogen-bond donors (Lipinski definition) is 0. The van der Waals surface area contributed by atoms with Gasteiger partial charge < -0.3 is 9.47 Å². The maximum atomic E-state index is 13.2. The number of halogens is 1. The third-order valence-electron chi connectivity index (χ3n) is 4.96. The highest BCUT2D eigenvalue weighted by molar-refractivity contribution is 7.98. The van der Waals surface area contributed by atoms with Gasteiger partial charge in [-0.2, -0.15) is 4.98 Å². The Morgan fingerprint density at radius 1 is 1.19 bits per heavy atom. The maximum absolute atomic E-state index is 13.2. The van der Waals surface area contributed by atoms with Crippen LogP contribution in [0.3, 0.4) is 0 Å². The van der Waals surface area contributed by atoms with Gasteiger partial charge in [-0.1, -0.05) is 37.2 Å². The summed E-state index contributed by atoms with van der Waals surface area (Å²) in [7, 11) is 0. The lowest BCUT2D eigenvalue weighted by Gasteiger charge is -2.30. The molecule has 32 heavy (non-hydrogen) atoms. The average Bonchev–Trinajstić information content (AvgIpc) is 2.96. The van der Waals surface area contributed by atoms with Gasteiger partial charge in [-0.3, -0.25) is 9.69 Å². The molecule has 0 fully saturated rings. The van der Waals surface area contributed by atoms with E-state index in [1.807, 2.05) is 37.4 Å². The van der Waals surface area contributed by atoms with Gasteiger partial charge in [0.05, 0.1) is 12.3 Å². The van der Waals surface area contributed by atoms with E-state index >= 15 is 0 Å². The van der Waals surface area contributed by atoms with Crippen molar-refractivity contribution >= 4 is 35.0 Å². The molecule has 9 heteroatoms. The fourth-order valence-corrected chi connectivity index (χ4v) is 3.90. The van der Waals surface area contributed by atoms with E-state index in [4.69, 9.17) is 21.1 Å². The predicted octanol–water partition coefficient (Wildman–Crippen LogP) is 5.54. The second-order valence-electron chi connectivity index (χ2n) is 7.12. The van der Waals surface area contributed by atoms with Gasteiger partial charge in [-0.05, 0) is 55.1 Å². The first-order valence-corrected chi connectivity index (χ1v) is 12.0. The summed E-state index contributed by atoms with van der Waals surface area (Å²) in [6.45, 7) is 4.52. The van der Waals surface area contributed by atoms with Crippen LogP contribution >= 0.6 is 23.4 Å². The first kappa shape index (κ1) is 22.4. The maximum Gasteiger partial charge on any atom is 0.247 e. The fraction of sp³-hybridized carbons (Fsp3) is 0.304. The highest BCUT2D eigenvalue weighted by Crippen LogP contribution is 2.44. The molecule has 3 aromatic rings. The quantitative estimate of drug-likeness (QED) is 0.438. The molecule has 1 aliphatic rings. The normalized spacial score (nSPS) is 14.8. The second-order valence-corrected chi connectivity index (χ2v) is 8.33. The lowest BCUT2D eigenvalue weighted by molar-refractivity contribution is -0.120. The van der Waals surface area contributed by atoms with Crippen molar-refractivity contribution in [3.63, 3.8) is 0 Å². The number of carbonyl (C=O) groups is 1. The number of rotatable bonds is 6. The summed E-state index contributed by atoms with van der Waals surface area (Å²) >= 11 is 7.66. The number of fused-ring (bicyclic) bond motifs is 3. The van der Waals surface area contributed by atoms with Crippen LogP contribution < -0.4 is 14.4 Å². The zero-order valence-electron chi connectivity index (χ0n) is 18.0. The third-order valence-corrected chi connectivity index (χ3v) is 5.73. The molecular weight excluding hydrogens is 448 g/mol. The van der Waals surface area contributed by atoms with E-state index in [0.29, 0.717) is 46.0 Å². The molecule has 2 heterocycles. The number of thioether (sulfide) groups is 1. The number of ether oxygens (including phenoxy) is 2. The zero-order chi connectivity index (χ0) is 22.7. The van der Waals surface area contributed by atoms with Gasteiger partial charge >= 0.3 is 0 Å². The van der Waals surface area contributed by atoms with Gasteiger partial charge in [0, 0.05) is 22.6 Å². The SMILES string of the molecule is CCCOc1ccc([C@H]2Oc3nc(SC)nnc3-c3cc(Cl)ccc3N2C(=O)CC)cc1. The molecule has 0 N–H and O–H groups in total. The molecule has 4 rings (SSSR count). The molecule has 0 aliphatic carbocycles. The van der Waals surface area contributed by atoms with Gasteiger partial charge in [-0.25, -0.2) is 0 Å². The average molecular weight is 471 g/mol. The minimum atomic E-state index is -0.741. The molecule has 166 valence electrons. The second kappa shape index (κ2) is 9.75. The van der Waals surface area contributed by atoms with Crippen molar-refractivity contribution < 1.29 is 14.3 Å². The Balaban J connectivity index is 1.88. The Labute approximate surface area is 196 Å². The summed E-state index contributed by atoms with van der Waals surface area (Å²) in [5.74, 6) is 0.963. The Morgan fingerprint density at radius 2 is 1.97 bits per heavy atom. The van der Waals surface area contributed by atoms with Gasteiger partial charge in [0.1, 0.15) is 5.75 Å². The Bertz CT molecular complexity index is 1130. The van der Waals surface area contributed by atoms with Crippen LogP contribution in [0.1, 0.15) is 38.5 Å². The van der Waals surface area contributed by atoms with Crippen LogP contribution in [-0.2, 0) is 4.79 Å². The minimum Gasteiger partial charge on any atom is -0.494 e. The molecule has 1 amide bonds. The largest absolute Gasteiger partial charge is 0.494 e. The Morgan fingerprint density at radius 3 is 2.66 bits per heavy atom. The summed E-state index contributed by atoms with van der Waals surface area (Å²) in [4.78, 5) is 19.3. The van der Waals surface area contributed by atoms with E-state index in [0.717, 1.165) is 17.7 Å². The van der Waals surface area contributed by atoms with Crippen molar-refractivity contribution in [3.05, 3.63) is 53.1 Å². The number of anilines is 1. The summed E-state index contributed by atoms with van der Waals surface area (Å²) in [5.41, 5.74) is 2.52. The van der Waals surface area contributed by atoms with Crippen LogP contribution in [0, 0.1) is 0 Å². The molecular formula is C23H23ClN4O3S. The fourth-order valence-electron chi connectivity index (χ4n) is 3.43.